The normalized spacial score (nSPS) is 14.9. The van der Waals surface area contributed by atoms with E-state index in [0.29, 0.717) is 0 Å². The highest BCUT2D eigenvalue weighted by molar-refractivity contribution is 6.82. The number of unbranched alkanes of at least 4 members (excludes halogenated alkanes) is 1. The number of nitrogens with two attached hydrogens (primary N) is 1. The molecule has 0 saturated heterocycles. The smallest absolute Gasteiger partial charge is 0.216 e. The standard InChI is InChI=1S/C19H47NO2Si3/c1-12-13-17-24(8,9)21-19(4,5)25(10,11)22-18(2,3)23(6,7)16-14-15-20/h12-17,20H2,1-11H3. The first-order valence-electron chi connectivity index (χ1n) is 10.1. The molecule has 0 aliphatic rings. The molecule has 0 aromatic rings. The summed E-state index contributed by atoms with van der Waals surface area (Å²) in [7, 11) is -5.24. The van der Waals surface area contributed by atoms with Crippen molar-refractivity contribution in [3.8, 4) is 0 Å². The average molecular weight is 406 g/mol. The molecular formula is C19H47NO2Si3. The van der Waals surface area contributed by atoms with Gasteiger partial charge < -0.3 is 14.6 Å². The molecule has 0 aromatic carbocycles. The molecule has 0 atom stereocenters. The summed E-state index contributed by atoms with van der Waals surface area (Å²) >= 11 is 0. The Morgan fingerprint density at radius 2 is 1.28 bits per heavy atom. The van der Waals surface area contributed by atoms with Crippen LogP contribution in [0.15, 0.2) is 0 Å². The quantitative estimate of drug-likeness (QED) is 0.410. The molecule has 0 rings (SSSR count). The molecule has 3 nitrogen and oxygen atoms in total. The third-order valence-electron chi connectivity index (χ3n) is 6.26. The molecule has 0 fully saturated rings. The minimum Gasteiger partial charge on any atom is -0.412 e. The van der Waals surface area contributed by atoms with E-state index in [1.54, 1.807) is 0 Å². The van der Waals surface area contributed by atoms with Gasteiger partial charge in [0.15, 0.2) is 8.32 Å². The van der Waals surface area contributed by atoms with Crippen LogP contribution in [0.1, 0.15) is 53.9 Å². The van der Waals surface area contributed by atoms with Crippen molar-refractivity contribution in [2.45, 2.75) is 116 Å². The predicted octanol–water partition coefficient (Wildman–Crippen LogP) is 5.92. The second kappa shape index (κ2) is 9.15. The summed E-state index contributed by atoms with van der Waals surface area (Å²) < 4.78 is 13.8. The molecule has 0 unspecified atom stereocenters. The third-order valence-corrected chi connectivity index (χ3v) is 18.3. The topological polar surface area (TPSA) is 44.5 Å². The Morgan fingerprint density at radius 3 is 1.72 bits per heavy atom. The Labute approximate surface area is 161 Å². The highest BCUT2D eigenvalue weighted by Gasteiger charge is 2.51. The molecule has 0 bridgehead atoms. The van der Waals surface area contributed by atoms with Gasteiger partial charge in [-0.1, -0.05) is 38.9 Å². The second-order valence-electron chi connectivity index (χ2n) is 10.4. The van der Waals surface area contributed by atoms with Crippen molar-refractivity contribution in [3.05, 3.63) is 0 Å². The first-order valence-corrected chi connectivity index (χ1v) is 19.4. The molecule has 0 heterocycles. The number of hydrogen-bond donors (Lipinski definition) is 1. The van der Waals surface area contributed by atoms with Crippen molar-refractivity contribution in [1.82, 2.24) is 0 Å². The van der Waals surface area contributed by atoms with E-state index in [4.69, 9.17) is 14.6 Å². The fraction of sp³-hybridized carbons (Fsp3) is 1.00. The molecule has 0 radical (unpaired) electrons. The summed E-state index contributed by atoms with van der Waals surface area (Å²) in [5, 5.41) is -0.236. The zero-order valence-electron chi connectivity index (χ0n) is 19.1. The molecule has 152 valence electrons. The van der Waals surface area contributed by atoms with Gasteiger partial charge in [-0.05, 0) is 72.9 Å². The molecule has 2 N–H and O–H groups in total. The Bertz CT molecular complexity index is 407. The van der Waals surface area contributed by atoms with Crippen LogP contribution in [0.5, 0.6) is 0 Å². The van der Waals surface area contributed by atoms with E-state index in [1.807, 2.05) is 0 Å². The highest BCUT2D eigenvalue weighted by atomic mass is 28.4. The zero-order valence-corrected chi connectivity index (χ0v) is 22.1. The average Bonchev–Trinajstić information content (AvgIpc) is 2.40. The van der Waals surface area contributed by atoms with Gasteiger partial charge in [0, 0.05) is 5.22 Å². The molecule has 0 aromatic heterocycles. The number of hydrogen-bond acceptors (Lipinski definition) is 3. The van der Waals surface area contributed by atoms with E-state index in [1.165, 1.54) is 24.9 Å². The van der Waals surface area contributed by atoms with E-state index in [9.17, 15) is 0 Å². The zero-order chi connectivity index (χ0) is 20.2. The summed E-state index contributed by atoms with van der Waals surface area (Å²) in [4.78, 5) is 0. The molecule has 0 aliphatic carbocycles. The van der Waals surface area contributed by atoms with Crippen LogP contribution in [0.3, 0.4) is 0 Å². The van der Waals surface area contributed by atoms with Crippen molar-refractivity contribution >= 4 is 24.7 Å². The van der Waals surface area contributed by atoms with Crippen LogP contribution in [0.4, 0.5) is 0 Å². The van der Waals surface area contributed by atoms with E-state index < -0.39 is 24.7 Å². The molecule has 0 aliphatic heterocycles. The Kier molecular flexibility index (Phi) is 9.34. The Balaban J connectivity index is 5.25. The van der Waals surface area contributed by atoms with Crippen molar-refractivity contribution in [1.29, 1.82) is 0 Å². The SMILES string of the molecule is CCCC[Si](C)(C)OC(C)(C)[Si](C)(C)OC(C)(C)[Si](C)(C)CCCN. The lowest BCUT2D eigenvalue weighted by Crippen LogP contribution is -2.65. The molecule has 0 saturated carbocycles. The van der Waals surface area contributed by atoms with Gasteiger partial charge in [-0.2, -0.15) is 0 Å². The van der Waals surface area contributed by atoms with Gasteiger partial charge in [-0.3, -0.25) is 0 Å². The first-order chi connectivity index (χ1) is 11.0. The fourth-order valence-corrected chi connectivity index (χ4v) is 12.8. The second-order valence-corrected chi connectivity index (χ2v) is 24.5. The van der Waals surface area contributed by atoms with E-state index in [0.717, 1.165) is 13.0 Å². The van der Waals surface area contributed by atoms with Crippen molar-refractivity contribution < 1.29 is 8.85 Å². The summed E-state index contributed by atoms with van der Waals surface area (Å²) in [5.41, 5.74) is 5.76. The van der Waals surface area contributed by atoms with Gasteiger partial charge in [-0.15, -0.1) is 0 Å². The largest absolute Gasteiger partial charge is 0.412 e. The predicted molar refractivity (Wildman–Crippen MR) is 121 cm³/mol. The van der Waals surface area contributed by atoms with Crippen LogP contribution in [0, 0.1) is 0 Å². The summed E-state index contributed by atoms with van der Waals surface area (Å²) in [6, 6.07) is 2.45. The molecular weight excluding hydrogens is 358 g/mol. The molecule has 0 amide bonds. The fourth-order valence-electron chi connectivity index (χ4n) is 3.21. The van der Waals surface area contributed by atoms with Crippen LogP contribution < -0.4 is 5.73 Å². The van der Waals surface area contributed by atoms with Crippen LogP contribution in [-0.2, 0) is 8.85 Å². The van der Waals surface area contributed by atoms with Gasteiger partial charge in [0.1, 0.15) is 0 Å². The van der Waals surface area contributed by atoms with Crippen LogP contribution in [0.25, 0.3) is 0 Å². The van der Waals surface area contributed by atoms with Gasteiger partial charge in [0.05, 0.1) is 13.3 Å². The first kappa shape index (κ1) is 25.5. The maximum Gasteiger partial charge on any atom is 0.216 e. The maximum absolute atomic E-state index is 6.96. The third kappa shape index (κ3) is 7.58. The summed E-state index contributed by atoms with van der Waals surface area (Å²) in [5.74, 6) is 0. The minimum absolute atomic E-state index is 0.0619. The van der Waals surface area contributed by atoms with Crippen molar-refractivity contribution in [3.63, 3.8) is 0 Å². The van der Waals surface area contributed by atoms with Crippen LogP contribution in [-0.4, -0.2) is 41.7 Å². The maximum atomic E-state index is 6.96. The number of rotatable bonds is 12. The van der Waals surface area contributed by atoms with Crippen LogP contribution in [0.2, 0.25) is 51.4 Å². The van der Waals surface area contributed by atoms with Gasteiger partial charge >= 0.3 is 0 Å². The summed E-state index contributed by atoms with van der Waals surface area (Å²) in [6.45, 7) is 26.5. The molecule has 6 heteroatoms. The van der Waals surface area contributed by atoms with Gasteiger partial charge in [-0.25, -0.2) is 0 Å². The van der Waals surface area contributed by atoms with Crippen molar-refractivity contribution in [2.24, 2.45) is 5.73 Å². The van der Waals surface area contributed by atoms with E-state index in [-0.39, 0.29) is 10.4 Å². The lowest BCUT2D eigenvalue weighted by Gasteiger charge is -2.51. The lowest BCUT2D eigenvalue weighted by molar-refractivity contribution is 0.0982. The Morgan fingerprint density at radius 1 is 0.760 bits per heavy atom. The molecule has 25 heavy (non-hydrogen) atoms. The molecule has 0 spiro atoms. The Hall–Kier alpha value is 0.531. The van der Waals surface area contributed by atoms with Crippen LogP contribution >= 0.6 is 0 Å². The van der Waals surface area contributed by atoms with Gasteiger partial charge in [0.25, 0.3) is 0 Å². The van der Waals surface area contributed by atoms with Gasteiger partial charge in [0.2, 0.25) is 8.32 Å². The van der Waals surface area contributed by atoms with E-state index >= 15 is 0 Å². The lowest BCUT2D eigenvalue weighted by atomic mass is 10.4. The minimum atomic E-state index is -2.05. The van der Waals surface area contributed by atoms with Crippen molar-refractivity contribution in [2.75, 3.05) is 6.54 Å². The van der Waals surface area contributed by atoms with E-state index in [2.05, 4.69) is 73.9 Å². The monoisotopic (exact) mass is 405 g/mol. The summed E-state index contributed by atoms with van der Waals surface area (Å²) in [6.07, 6.45) is 3.61. The highest BCUT2D eigenvalue weighted by Crippen LogP contribution is 2.38.